The average molecular weight is 540 g/mol. The number of carbonyl (C=O) groups is 1. The van der Waals surface area contributed by atoms with Gasteiger partial charge in [-0.05, 0) is 36.8 Å². The van der Waals surface area contributed by atoms with E-state index < -0.39 is 0 Å². The van der Waals surface area contributed by atoms with Gasteiger partial charge in [0.25, 0.3) is 0 Å². The van der Waals surface area contributed by atoms with E-state index in [1.54, 1.807) is 12.1 Å². The fraction of sp³-hybridized carbons (Fsp3) is 0.409. The Morgan fingerprint density at radius 1 is 1.13 bits per heavy atom. The number of guanidine groups is 1. The van der Waals surface area contributed by atoms with Gasteiger partial charge in [-0.25, -0.2) is 9.37 Å². The topological polar surface area (TPSA) is 72.9 Å². The summed E-state index contributed by atoms with van der Waals surface area (Å²) in [7, 11) is 0. The molecule has 0 radical (unpaired) electrons. The monoisotopic (exact) mass is 540 g/mol. The predicted octanol–water partition coefficient (Wildman–Crippen LogP) is 2.29. The van der Waals surface area contributed by atoms with Crippen LogP contribution in [0.25, 0.3) is 0 Å². The first-order chi connectivity index (χ1) is 14.7. The number of benzene rings is 1. The number of halogens is 2. The van der Waals surface area contributed by atoms with E-state index >= 15 is 0 Å². The second-order valence-corrected chi connectivity index (χ2v) is 7.05. The molecule has 2 N–H and O–H groups in total. The maximum Gasteiger partial charge on any atom is 0.224 e. The summed E-state index contributed by atoms with van der Waals surface area (Å²) in [6, 6.07) is 12.1. The van der Waals surface area contributed by atoms with Gasteiger partial charge in [-0.3, -0.25) is 9.79 Å². The SMILES string of the molecule is CCNC(=NCCNC(=O)Cc1cccc(F)c1)N1CCN(c2ccccn2)CC1.I. The van der Waals surface area contributed by atoms with E-state index in [2.05, 4.69) is 30.4 Å². The molecule has 0 atom stereocenters. The van der Waals surface area contributed by atoms with Crippen LogP contribution < -0.4 is 15.5 Å². The molecule has 2 heterocycles. The minimum absolute atomic E-state index is 0. The van der Waals surface area contributed by atoms with Gasteiger partial charge < -0.3 is 20.4 Å². The molecule has 1 aliphatic rings. The van der Waals surface area contributed by atoms with Gasteiger partial charge in [0, 0.05) is 45.5 Å². The van der Waals surface area contributed by atoms with E-state index in [4.69, 9.17) is 0 Å². The van der Waals surface area contributed by atoms with Gasteiger partial charge >= 0.3 is 0 Å². The summed E-state index contributed by atoms with van der Waals surface area (Å²) in [5, 5.41) is 6.18. The molecule has 9 heteroatoms. The molecule has 0 aliphatic carbocycles. The molecule has 1 fully saturated rings. The molecule has 168 valence electrons. The van der Waals surface area contributed by atoms with Crippen molar-refractivity contribution in [2.75, 3.05) is 50.7 Å². The normalized spacial score (nSPS) is 14.1. The van der Waals surface area contributed by atoms with Crippen molar-refractivity contribution >= 4 is 41.7 Å². The standard InChI is InChI=1S/C22H29FN6O.HI/c1-2-24-22(29-14-12-28(13-15-29)20-8-3-4-9-25-20)27-11-10-26-21(30)17-18-6-5-7-19(23)16-18;/h3-9,16H,2,10-15,17H2,1H3,(H,24,27)(H,26,30);1H. The van der Waals surface area contributed by atoms with Crippen LogP contribution in [0.3, 0.4) is 0 Å². The number of rotatable bonds is 7. The second-order valence-electron chi connectivity index (χ2n) is 7.05. The zero-order valence-corrected chi connectivity index (χ0v) is 20.1. The zero-order valence-electron chi connectivity index (χ0n) is 17.8. The van der Waals surface area contributed by atoms with Gasteiger partial charge in [0.05, 0.1) is 13.0 Å². The Labute approximate surface area is 200 Å². The number of pyridine rings is 1. The van der Waals surface area contributed by atoms with E-state index in [1.165, 1.54) is 12.1 Å². The van der Waals surface area contributed by atoms with Crippen molar-refractivity contribution in [3.63, 3.8) is 0 Å². The number of aliphatic imine (C=N–C) groups is 1. The van der Waals surface area contributed by atoms with Gasteiger partial charge in [-0.2, -0.15) is 0 Å². The Morgan fingerprint density at radius 2 is 1.94 bits per heavy atom. The number of amides is 1. The summed E-state index contributed by atoms with van der Waals surface area (Å²) in [4.78, 5) is 25.6. The summed E-state index contributed by atoms with van der Waals surface area (Å²) in [6.07, 6.45) is 1.98. The number of aromatic nitrogens is 1. The number of hydrogen-bond acceptors (Lipinski definition) is 4. The molecular weight excluding hydrogens is 510 g/mol. The number of nitrogens with zero attached hydrogens (tertiary/aromatic N) is 4. The van der Waals surface area contributed by atoms with E-state index in [1.807, 2.05) is 31.3 Å². The lowest BCUT2D eigenvalue weighted by molar-refractivity contribution is -0.120. The molecule has 1 amide bonds. The summed E-state index contributed by atoms with van der Waals surface area (Å²) in [5.41, 5.74) is 0.662. The minimum Gasteiger partial charge on any atom is -0.357 e. The summed E-state index contributed by atoms with van der Waals surface area (Å²) in [5.74, 6) is 1.39. The molecule has 3 rings (SSSR count). The third-order valence-corrected chi connectivity index (χ3v) is 4.84. The highest BCUT2D eigenvalue weighted by molar-refractivity contribution is 14.0. The summed E-state index contributed by atoms with van der Waals surface area (Å²) < 4.78 is 13.2. The van der Waals surface area contributed by atoms with Crippen LogP contribution in [0.2, 0.25) is 0 Å². The van der Waals surface area contributed by atoms with Crippen LogP contribution in [0, 0.1) is 5.82 Å². The van der Waals surface area contributed by atoms with Crippen LogP contribution in [-0.4, -0.2) is 67.6 Å². The number of carbonyl (C=O) groups excluding carboxylic acids is 1. The highest BCUT2D eigenvalue weighted by atomic mass is 127. The smallest absolute Gasteiger partial charge is 0.224 e. The Kier molecular flexibility index (Phi) is 10.5. The first kappa shape index (κ1) is 24.8. The molecule has 1 aromatic carbocycles. The lowest BCUT2D eigenvalue weighted by Gasteiger charge is -2.37. The quantitative estimate of drug-likeness (QED) is 0.244. The van der Waals surface area contributed by atoms with Gasteiger partial charge in [0.15, 0.2) is 5.96 Å². The summed E-state index contributed by atoms with van der Waals surface area (Å²) >= 11 is 0. The third kappa shape index (κ3) is 7.97. The van der Waals surface area contributed by atoms with Crippen LogP contribution in [0.1, 0.15) is 12.5 Å². The minimum atomic E-state index is -0.330. The Morgan fingerprint density at radius 3 is 2.61 bits per heavy atom. The maximum absolute atomic E-state index is 13.2. The van der Waals surface area contributed by atoms with Crippen LogP contribution >= 0.6 is 24.0 Å². The van der Waals surface area contributed by atoms with Crippen LogP contribution in [-0.2, 0) is 11.2 Å². The fourth-order valence-electron chi connectivity index (χ4n) is 3.37. The molecule has 0 unspecified atom stereocenters. The van der Waals surface area contributed by atoms with Gasteiger partial charge in [-0.15, -0.1) is 24.0 Å². The molecule has 2 aromatic rings. The third-order valence-electron chi connectivity index (χ3n) is 4.84. The van der Waals surface area contributed by atoms with Crippen molar-refractivity contribution < 1.29 is 9.18 Å². The Balaban J connectivity index is 0.00000341. The van der Waals surface area contributed by atoms with Crippen LogP contribution in [0.5, 0.6) is 0 Å². The molecule has 31 heavy (non-hydrogen) atoms. The van der Waals surface area contributed by atoms with Crippen molar-refractivity contribution in [2.24, 2.45) is 4.99 Å². The predicted molar refractivity (Wildman–Crippen MR) is 133 cm³/mol. The lowest BCUT2D eigenvalue weighted by Crippen LogP contribution is -2.52. The number of nitrogens with one attached hydrogen (secondary N) is 2. The van der Waals surface area contributed by atoms with Crippen LogP contribution in [0.4, 0.5) is 10.2 Å². The molecule has 1 aliphatic heterocycles. The Bertz CT molecular complexity index is 843. The van der Waals surface area contributed by atoms with E-state index in [0.717, 1.165) is 44.5 Å². The highest BCUT2D eigenvalue weighted by Gasteiger charge is 2.20. The van der Waals surface area contributed by atoms with Crippen molar-refractivity contribution in [3.05, 3.63) is 60.0 Å². The van der Waals surface area contributed by atoms with Gasteiger partial charge in [0.2, 0.25) is 5.91 Å². The molecule has 0 spiro atoms. The number of piperazine rings is 1. The van der Waals surface area contributed by atoms with Crippen molar-refractivity contribution in [3.8, 4) is 0 Å². The van der Waals surface area contributed by atoms with Crippen molar-refractivity contribution in [1.82, 2.24) is 20.5 Å². The van der Waals surface area contributed by atoms with Crippen molar-refractivity contribution in [1.29, 1.82) is 0 Å². The average Bonchev–Trinajstić information content (AvgIpc) is 2.77. The molecule has 0 saturated carbocycles. The van der Waals surface area contributed by atoms with Gasteiger partial charge in [0.1, 0.15) is 11.6 Å². The molecular formula is C22H30FIN6O. The molecule has 1 saturated heterocycles. The van der Waals surface area contributed by atoms with Crippen LogP contribution in [0.15, 0.2) is 53.7 Å². The van der Waals surface area contributed by atoms with Gasteiger partial charge in [-0.1, -0.05) is 18.2 Å². The number of hydrogen-bond donors (Lipinski definition) is 2. The molecule has 0 bridgehead atoms. The largest absolute Gasteiger partial charge is 0.357 e. The van der Waals surface area contributed by atoms with E-state index in [-0.39, 0.29) is 42.1 Å². The first-order valence-electron chi connectivity index (χ1n) is 10.4. The highest BCUT2D eigenvalue weighted by Crippen LogP contribution is 2.12. The van der Waals surface area contributed by atoms with E-state index in [0.29, 0.717) is 18.7 Å². The lowest BCUT2D eigenvalue weighted by atomic mass is 10.1. The van der Waals surface area contributed by atoms with Crippen molar-refractivity contribution in [2.45, 2.75) is 13.3 Å². The number of anilines is 1. The van der Waals surface area contributed by atoms with E-state index in [9.17, 15) is 9.18 Å². The second kappa shape index (κ2) is 13.1. The molecule has 1 aromatic heterocycles. The maximum atomic E-state index is 13.2. The zero-order chi connectivity index (χ0) is 21.2. The fourth-order valence-corrected chi connectivity index (χ4v) is 3.37. The first-order valence-corrected chi connectivity index (χ1v) is 10.4. The summed E-state index contributed by atoms with van der Waals surface area (Å²) in [6.45, 7) is 7.22. The molecule has 7 nitrogen and oxygen atoms in total. The Hall–Kier alpha value is -2.43.